The Kier molecular flexibility index (Phi) is 6.69. The molecule has 0 saturated carbocycles. The maximum Gasteiger partial charge on any atom is 0.237 e. The number of aryl methyl sites for hydroxylation is 1. The number of carbonyl (C=O) groups excluding carboxylic acids is 2. The maximum atomic E-state index is 12.4. The van der Waals surface area contributed by atoms with Gasteiger partial charge in [0.05, 0.1) is 16.0 Å². The summed E-state index contributed by atoms with van der Waals surface area (Å²) in [4.78, 5) is 23.2. The molecule has 2 rings (SSSR count). The zero-order valence-electron chi connectivity index (χ0n) is 13.6. The van der Waals surface area contributed by atoms with Gasteiger partial charge in [-0.25, -0.2) is 0 Å². The summed E-state index contributed by atoms with van der Waals surface area (Å²) < 4.78 is 1.74. The number of primary amides is 1. The van der Waals surface area contributed by atoms with Crippen LogP contribution in [-0.2, 0) is 23.1 Å². The van der Waals surface area contributed by atoms with Crippen molar-refractivity contribution in [3.8, 4) is 0 Å². The molecule has 0 unspecified atom stereocenters. The number of nitrogens with zero attached hydrogens (tertiary/aromatic N) is 3. The Morgan fingerprint density at radius 1 is 1.36 bits per heavy atom. The van der Waals surface area contributed by atoms with Crippen LogP contribution in [0.25, 0.3) is 0 Å². The summed E-state index contributed by atoms with van der Waals surface area (Å²) in [7, 11) is 1.77. The number of benzene rings is 1. The fraction of sp³-hybridized carbons (Fsp3) is 0.333. The lowest BCUT2D eigenvalue weighted by atomic mass is 10.3. The highest BCUT2D eigenvalue weighted by molar-refractivity contribution is 8.00. The van der Waals surface area contributed by atoms with Crippen LogP contribution in [0.5, 0.6) is 0 Å². The number of thioether (sulfide) groups is 1. The van der Waals surface area contributed by atoms with Crippen molar-refractivity contribution in [2.24, 2.45) is 12.8 Å². The Balaban J connectivity index is 2.01. The quantitative estimate of drug-likeness (QED) is 0.694. The molecular weight excluding hydrogens is 385 g/mol. The molecule has 0 fully saturated rings. The SMILES string of the molecule is C[C@H](Sc1nnc(CCC(N)=O)n1C)C(=O)Nc1cc(Cl)ccc1Cl. The fourth-order valence-corrected chi connectivity index (χ4v) is 3.11. The second-order valence-electron chi connectivity index (χ2n) is 5.30. The van der Waals surface area contributed by atoms with Crippen molar-refractivity contribution >= 4 is 52.5 Å². The van der Waals surface area contributed by atoms with Crippen LogP contribution in [0.1, 0.15) is 19.2 Å². The number of aromatic nitrogens is 3. The molecule has 0 spiro atoms. The molecule has 1 atom stereocenters. The van der Waals surface area contributed by atoms with E-state index in [1.807, 2.05) is 0 Å². The van der Waals surface area contributed by atoms with Crippen LogP contribution in [-0.4, -0.2) is 31.8 Å². The molecule has 0 aliphatic rings. The van der Waals surface area contributed by atoms with Gasteiger partial charge >= 0.3 is 0 Å². The molecule has 1 aromatic carbocycles. The van der Waals surface area contributed by atoms with Crippen molar-refractivity contribution in [1.82, 2.24) is 14.8 Å². The molecule has 0 aliphatic carbocycles. The summed E-state index contributed by atoms with van der Waals surface area (Å²) in [5, 5.41) is 11.8. The Bertz CT molecular complexity index is 796. The molecular formula is C15H17Cl2N5O2S. The van der Waals surface area contributed by atoms with Gasteiger partial charge in [0.25, 0.3) is 0 Å². The minimum absolute atomic E-state index is 0.194. The van der Waals surface area contributed by atoms with E-state index in [1.165, 1.54) is 11.8 Å². The molecule has 3 N–H and O–H groups in total. The largest absolute Gasteiger partial charge is 0.370 e. The van der Waals surface area contributed by atoms with Crippen LogP contribution in [0.15, 0.2) is 23.4 Å². The molecule has 134 valence electrons. The Morgan fingerprint density at radius 2 is 2.08 bits per heavy atom. The van der Waals surface area contributed by atoms with Crippen molar-refractivity contribution in [3.63, 3.8) is 0 Å². The first-order valence-corrected chi connectivity index (χ1v) is 9.00. The smallest absolute Gasteiger partial charge is 0.237 e. The monoisotopic (exact) mass is 401 g/mol. The predicted octanol–water partition coefficient (Wildman–Crippen LogP) is 2.66. The summed E-state index contributed by atoms with van der Waals surface area (Å²) in [5.74, 6) is -0.00834. The first kappa shape index (κ1) is 19.6. The highest BCUT2D eigenvalue weighted by atomic mass is 35.5. The molecule has 7 nitrogen and oxygen atoms in total. The molecule has 0 radical (unpaired) electrons. The third-order valence-corrected chi connectivity index (χ3v) is 5.06. The van der Waals surface area contributed by atoms with E-state index in [-0.39, 0.29) is 12.3 Å². The number of nitrogens with one attached hydrogen (secondary N) is 1. The second kappa shape index (κ2) is 8.55. The molecule has 25 heavy (non-hydrogen) atoms. The zero-order valence-corrected chi connectivity index (χ0v) is 16.0. The number of amides is 2. The summed E-state index contributed by atoms with van der Waals surface area (Å²) >= 11 is 13.2. The van der Waals surface area contributed by atoms with Crippen LogP contribution < -0.4 is 11.1 Å². The van der Waals surface area contributed by atoms with E-state index >= 15 is 0 Å². The number of anilines is 1. The third kappa shape index (κ3) is 5.35. The van der Waals surface area contributed by atoms with Gasteiger partial charge in [-0.15, -0.1) is 10.2 Å². The van der Waals surface area contributed by atoms with Crippen molar-refractivity contribution in [2.45, 2.75) is 30.2 Å². The van der Waals surface area contributed by atoms with Gasteiger partial charge in [-0.1, -0.05) is 35.0 Å². The molecule has 1 aromatic heterocycles. The van der Waals surface area contributed by atoms with Crippen molar-refractivity contribution in [3.05, 3.63) is 34.1 Å². The average Bonchev–Trinajstić information content (AvgIpc) is 2.89. The zero-order chi connectivity index (χ0) is 18.6. The van der Waals surface area contributed by atoms with Gasteiger partial charge in [0.1, 0.15) is 5.82 Å². The Labute approximate surface area is 159 Å². The number of hydrogen-bond acceptors (Lipinski definition) is 5. The Morgan fingerprint density at radius 3 is 2.76 bits per heavy atom. The summed E-state index contributed by atoms with van der Waals surface area (Å²) in [5.41, 5.74) is 5.59. The first-order chi connectivity index (χ1) is 11.8. The molecule has 0 bridgehead atoms. The topological polar surface area (TPSA) is 103 Å². The highest BCUT2D eigenvalue weighted by Crippen LogP contribution is 2.27. The third-order valence-electron chi connectivity index (χ3n) is 3.36. The van der Waals surface area contributed by atoms with Gasteiger partial charge < -0.3 is 15.6 Å². The number of nitrogens with two attached hydrogens (primary N) is 1. The van der Waals surface area contributed by atoms with Gasteiger partial charge in [-0.3, -0.25) is 9.59 Å². The Hall–Kier alpha value is -1.77. The van der Waals surface area contributed by atoms with Crippen LogP contribution in [0.4, 0.5) is 5.69 Å². The number of carbonyl (C=O) groups is 2. The van der Waals surface area contributed by atoms with E-state index in [2.05, 4.69) is 15.5 Å². The van der Waals surface area contributed by atoms with E-state index in [9.17, 15) is 9.59 Å². The minimum Gasteiger partial charge on any atom is -0.370 e. The van der Waals surface area contributed by atoms with Crippen LogP contribution in [0.2, 0.25) is 10.0 Å². The number of rotatable bonds is 7. The van der Waals surface area contributed by atoms with Gasteiger partial charge in [0.15, 0.2) is 5.16 Å². The molecule has 0 aliphatic heterocycles. The maximum absolute atomic E-state index is 12.4. The van der Waals surface area contributed by atoms with Crippen LogP contribution in [0.3, 0.4) is 0 Å². The molecule has 10 heteroatoms. The standard InChI is InChI=1S/C15H17Cl2N5O2S/c1-8(14(24)19-11-7-9(16)3-4-10(11)17)25-15-21-20-13(22(15)2)6-5-12(18)23/h3-4,7-8H,5-6H2,1-2H3,(H2,18,23)(H,19,24)/t8-/m0/s1. The lowest BCUT2D eigenvalue weighted by Crippen LogP contribution is -2.23. The minimum atomic E-state index is -0.443. The number of halogens is 2. The highest BCUT2D eigenvalue weighted by Gasteiger charge is 2.20. The normalized spacial score (nSPS) is 12.0. The molecule has 0 saturated heterocycles. The second-order valence-corrected chi connectivity index (χ2v) is 7.45. The van der Waals surface area contributed by atoms with Crippen molar-refractivity contribution in [2.75, 3.05) is 5.32 Å². The predicted molar refractivity (Wildman–Crippen MR) is 98.9 cm³/mol. The average molecular weight is 402 g/mol. The molecule has 2 aromatic rings. The summed E-state index contributed by atoms with van der Waals surface area (Å²) in [6, 6.07) is 4.85. The van der Waals surface area contributed by atoms with Gasteiger partial charge in [0, 0.05) is 24.9 Å². The molecule has 1 heterocycles. The van der Waals surface area contributed by atoms with Gasteiger partial charge in [-0.05, 0) is 25.1 Å². The van der Waals surface area contributed by atoms with E-state index in [0.717, 1.165) is 0 Å². The summed E-state index contributed by atoms with van der Waals surface area (Å²) in [6.45, 7) is 1.75. The van der Waals surface area contributed by atoms with E-state index in [0.29, 0.717) is 33.1 Å². The fourth-order valence-electron chi connectivity index (χ4n) is 1.94. The van der Waals surface area contributed by atoms with Crippen LogP contribution >= 0.6 is 35.0 Å². The van der Waals surface area contributed by atoms with E-state index in [1.54, 1.807) is 36.7 Å². The van der Waals surface area contributed by atoms with Gasteiger partial charge in [-0.2, -0.15) is 0 Å². The van der Waals surface area contributed by atoms with Crippen molar-refractivity contribution in [1.29, 1.82) is 0 Å². The lowest BCUT2D eigenvalue weighted by Gasteiger charge is -2.13. The molecule has 2 amide bonds. The van der Waals surface area contributed by atoms with E-state index < -0.39 is 11.2 Å². The van der Waals surface area contributed by atoms with E-state index in [4.69, 9.17) is 28.9 Å². The summed E-state index contributed by atoms with van der Waals surface area (Å²) in [6.07, 6.45) is 0.595. The first-order valence-electron chi connectivity index (χ1n) is 7.37. The number of hydrogen-bond donors (Lipinski definition) is 2. The van der Waals surface area contributed by atoms with Crippen LogP contribution in [0, 0.1) is 0 Å². The van der Waals surface area contributed by atoms with Gasteiger partial charge in [0.2, 0.25) is 11.8 Å². The lowest BCUT2D eigenvalue weighted by molar-refractivity contribution is -0.118. The van der Waals surface area contributed by atoms with Crippen molar-refractivity contribution < 1.29 is 9.59 Å².